The topological polar surface area (TPSA) is 87.5 Å². The van der Waals surface area contributed by atoms with E-state index in [9.17, 15) is 9.59 Å². The van der Waals surface area contributed by atoms with Gasteiger partial charge in [0.2, 0.25) is 11.8 Å². The van der Waals surface area contributed by atoms with Gasteiger partial charge in [-0.2, -0.15) is 0 Å². The molecule has 0 aliphatic rings. The van der Waals surface area contributed by atoms with Gasteiger partial charge in [0.25, 0.3) is 0 Å². The van der Waals surface area contributed by atoms with Crippen LogP contribution in [0.2, 0.25) is 0 Å². The average Bonchev–Trinajstić information content (AvgIpc) is 3.20. The molecule has 2 amide bonds. The lowest BCUT2D eigenvalue weighted by molar-refractivity contribution is -0.131. The molecule has 0 atom stereocenters. The van der Waals surface area contributed by atoms with Gasteiger partial charge in [-0.1, -0.05) is 245 Å². The van der Waals surface area contributed by atoms with Gasteiger partial charge in [-0.15, -0.1) is 0 Å². The van der Waals surface area contributed by atoms with Crippen molar-refractivity contribution in [1.29, 1.82) is 0 Å². The Labute approximate surface area is 351 Å². The van der Waals surface area contributed by atoms with E-state index >= 15 is 0 Å². The van der Waals surface area contributed by atoms with Gasteiger partial charge in [0.15, 0.2) is 0 Å². The molecule has 0 fully saturated rings. The molecule has 0 aliphatic heterocycles. The Kier molecular flexibility index (Phi) is 47.2. The zero-order valence-electron chi connectivity index (χ0n) is 38.4. The highest BCUT2D eigenvalue weighted by Crippen LogP contribution is 2.17. The third kappa shape index (κ3) is 44.0. The molecule has 4 N–H and O–H groups in total. The van der Waals surface area contributed by atoms with Gasteiger partial charge in [0, 0.05) is 52.1 Å². The maximum atomic E-state index is 13.1. The molecular formula is C50H102N4O2. The van der Waals surface area contributed by atoms with E-state index in [0.29, 0.717) is 39.0 Å². The van der Waals surface area contributed by atoms with E-state index < -0.39 is 0 Å². The van der Waals surface area contributed by atoms with Gasteiger partial charge in [0.05, 0.1) is 0 Å². The van der Waals surface area contributed by atoms with Gasteiger partial charge in [-0.05, 0) is 12.8 Å². The number of nitrogens with two attached hydrogens (primary N) is 1. The highest BCUT2D eigenvalue weighted by Gasteiger charge is 2.13. The number of nitrogens with zero attached hydrogens (tertiary/aromatic N) is 1. The molecule has 0 rings (SSSR count). The zero-order valence-corrected chi connectivity index (χ0v) is 38.4. The van der Waals surface area contributed by atoms with Crippen LogP contribution in [-0.2, 0) is 9.59 Å². The third-order valence-corrected chi connectivity index (χ3v) is 11.9. The van der Waals surface area contributed by atoms with Crippen LogP contribution >= 0.6 is 0 Å². The summed E-state index contributed by atoms with van der Waals surface area (Å²) < 4.78 is 0. The van der Waals surface area contributed by atoms with Gasteiger partial charge in [-0.3, -0.25) is 9.59 Å². The monoisotopic (exact) mass is 791 g/mol. The fourth-order valence-electron chi connectivity index (χ4n) is 8.10. The minimum absolute atomic E-state index is 0.129. The third-order valence-electron chi connectivity index (χ3n) is 11.9. The van der Waals surface area contributed by atoms with Crippen LogP contribution in [0.1, 0.15) is 271 Å². The molecule has 0 radical (unpaired) electrons. The summed E-state index contributed by atoms with van der Waals surface area (Å²) in [6.45, 7) is 8.50. The van der Waals surface area contributed by atoms with Crippen molar-refractivity contribution in [3.8, 4) is 0 Å². The second-order valence-corrected chi connectivity index (χ2v) is 17.5. The molecule has 0 saturated carbocycles. The Hall–Kier alpha value is -1.14. The predicted octanol–water partition coefficient (Wildman–Crippen LogP) is 14.1. The number of carbonyl (C=O) groups excluding carboxylic acids is 2. The molecule has 0 saturated heterocycles. The van der Waals surface area contributed by atoms with Crippen molar-refractivity contribution in [3.63, 3.8) is 0 Å². The highest BCUT2D eigenvalue weighted by molar-refractivity contribution is 5.77. The van der Waals surface area contributed by atoms with Crippen LogP contribution in [0.3, 0.4) is 0 Å². The first-order valence-corrected chi connectivity index (χ1v) is 25.6. The van der Waals surface area contributed by atoms with Gasteiger partial charge < -0.3 is 21.3 Å². The first-order valence-electron chi connectivity index (χ1n) is 25.6. The maximum Gasteiger partial charge on any atom is 0.222 e. The van der Waals surface area contributed by atoms with Crippen LogP contribution < -0.4 is 16.4 Å². The lowest BCUT2D eigenvalue weighted by Gasteiger charge is -2.23. The van der Waals surface area contributed by atoms with Crippen molar-refractivity contribution in [2.45, 2.75) is 271 Å². The summed E-state index contributed by atoms with van der Waals surface area (Å²) >= 11 is 0. The predicted molar refractivity (Wildman–Crippen MR) is 248 cm³/mol. The Morgan fingerprint density at radius 3 is 0.982 bits per heavy atom. The smallest absolute Gasteiger partial charge is 0.222 e. The number of rotatable bonds is 48. The zero-order chi connectivity index (χ0) is 40.7. The van der Waals surface area contributed by atoms with Crippen LogP contribution in [0.15, 0.2) is 0 Å². The van der Waals surface area contributed by atoms with E-state index in [-0.39, 0.29) is 11.8 Å². The van der Waals surface area contributed by atoms with E-state index in [4.69, 9.17) is 5.73 Å². The highest BCUT2D eigenvalue weighted by atomic mass is 16.2. The molecule has 6 nitrogen and oxygen atoms in total. The number of amides is 2. The number of hydrogen-bond acceptors (Lipinski definition) is 4. The van der Waals surface area contributed by atoms with E-state index in [0.717, 1.165) is 38.8 Å². The molecule has 0 aromatic carbocycles. The molecule has 0 spiro atoms. The standard InChI is InChI=1S/C50H102N4O2/c1-3-5-7-9-11-13-15-17-19-21-23-25-27-29-31-33-35-37-39-41-49(55)53-46-48-54(47-45-52-44-43-51)50(56)42-40-38-36-34-32-30-28-26-24-22-20-18-16-14-12-10-8-6-4-2/h52H,3-48,51H2,1-2H3,(H,53,55). The Morgan fingerprint density at radius 1 is 0.375 bits per heavy atom. The second kappa shape index (κ2) is 48.2. The Morgan fingerprint density at radius 2 is 0.661 bits per heavy atom. The summed E-state index contributed by atoms with van der Waals surface area (Å²) in [7, 11) is 0. The number of hydrogen-bond donors (Lipinski definition) is 3. The van der Waals surface area contributed by atoms with Crippen molar-refractivity contribution in [1.82, 2.24) is 15.5 Å². The summed E-state index contributed by atoms with van der Waals surface area (Å²) in [4.78, 5) is 27.5. The summed E-state index contributed by atoms with van der Waals surface area (Å²) in [5.41, 5.74) is 5.64. The minimum Gasteiger partial charge on any atom is -0.354 e. The summed E-state index contributed by atoms with van der Waals surface area (Å²) in [5, 5.41) is 6.40. The molecule has 0 aromatic rings. The minimum atomic E-state index is 0.129. The molecule has 0 aliphatic carbocycles. The fraction of sp³-hybridized carbons (Fsp3) is 0.960. The largest absolute Gasteiger partial charge is 0.354 e. The SMILES string of the molecule is CCCCCCCCCCCCCCCCCCCCCC(=O)NCCN(CCNCCN)C(=O)CCCCCCCCCCCCCCCCCCCCC. The molecule has 0 heterocycles. The first kappa shape index (κ1) is 54.9. The number of unbranched alkanes of at least 4 members (excludes halogenated alkanes) is 36. The van der Waals surface area contributed by atoms with E-state index in [2.05, 4.69) is 24.5 Å². The molecule has 0 aromatic heterocycles. The van der Waals surface area contributed by atoms with Crippen molar-refractivity contribution in [2.75, 3.05) is 39.3 Å². The molecule has 0 unspecified atom stereocenters. The van der Waals surface area contributed by atoms with Crippen molar-refractivity contribution >= 4 is 11.8 Å². The Bertz CT molecular complexity index is 778. The first-order chi connectivity index (χ1) is 27.7. The van der Waals surface area contributed by atoms with Crippen LogP contribution in [0.25, 0.3) is 0 Å². The van der Waals surface area contributed by atoms with Crippen molar-refractivity contribution in [2.24, 2.45) is 5.73 Å². The van der Waals surface area contributed by atoms with Gasteiger partial charge in [0.1, 0.15) is 0 Å². The van der Waals surface area contributed by atoms with Crippen molar-refractivity contribution in [3.05, 3.63) is 0 Å². The molecule has 334 valence electrons. The van der Waals surface area contributed by atoms with Crippen molar-refractivity contribution < 1.29 is 9.59 Å². The van der Waals surface area contributed by atoms with Gasteiger partial charge >= 0.3 is 0 Å². The van der Waals surface area contributed by atoms with Crippen LogP contribution in [-0.4, -0.2) is 56.0 Å². The van der Waals surface area contributed by atoms with E-state index in [1.54, 1.807) is 0 Å². The molecule has 0 bridgehead atoms. The summed E-state index contributed by atoms with van der Waals surface area (Å²) in [5.74, 6) is 0.351. The summed E-state index contributed by atoms with van der Waals surface area (Å²) in [6, 6.07) is 0. The fourth-order valence-corrected chi connectivity index (χ4v) is 8.10. The summed E-state index contributed by atoms with van der Waals surface area (Å²) in [6.07, 6.45) is 52.9. The quantitative estimate of drug-likeness (QED) is 0.0536. The lowest BCUT2D eigenvalue weighted by Crippen LogP contribution is -2.42. The molecule has 56 heavy (non-hydrogen) atoms. The normalized spacial score (nSPS) is 11.4. The number of nitrogens with one attached hydrogen (secondary N) is 2. The lowest BCUT2D eigenvalue weighted by atomic mass is 10.0. The van der Waals surface area contributed by atoms with E-state index in [1.807, 2.05) is 4.90 Å². The van der Waals surface area contributed by atoms with E-state index in [1.165, 1.54) is 218 Å². The average molecular weight is 791 g/mol. The van der Waals surface area contributed by atoms with Gasteiger partial charge in [-0.25, -0.2) is 0 Å². The maximum absolute atomic E-state index is 13.1. The van der Waals surface area contributed by atoms with Crippen LogP contribution in [0.5, 0.6) is 0 Å². The number of carbonyl (C=O) groups is 2. The second-order valence-electron chi connectivity index (χ2n) is 17.5. The van der Waals surface area contributed by atoms with Crippen LogP contribution in [0, 0.1) is 0 Å². The Balaban J connectivity index is 3.75. The van der Waals surface area contributed by atoms with Crippen LogP contribution in [0.4, 0.5) is 0 Å². The molecular weight excluding hydrogens is 689 g/mol. The molecule has 6 heteroatoms.